The molecule has 1 fully saturated rings. The lowest BCUT2D eigenvalue weighted by Crippen LogP contribution is -2.34. The molecule has 0 radical (unpaired) electrons. The zero-order valence-electron chi connectivity index (χ0n) is 11.3. The molecular formula is C14H13ClN2O4. The molecule has 1 aliphatic heterocycles. The first kappa shape index (κ1) is 15.1. The lowest BCUT2D eigenvalue weighted by Gasteiger charge is -2.17. The highest BCUT2D eigenvalue weighted by Gasteiger charge is 2.46. The number of rotatable bonds is 5. The molecule has 1 aromatic carbocycles. The van der Waals surface area contributed by atoms with Crippen molar-refractivity contribution in [2.75, 3.05) is 18.1 Å². The van der Waals surface area contributed by atoms with E-state index in [0.717, 1.165) is 9.80 Å². The fourth-order valence-corrected chi connectivity index (χ4v) is 2.07. The second-order valence-corrected chi connectivity index (χ2v) is 4.77. The average Bonchev–Trinajstić information content (AvgIpc) is 2.64. The molecule has 21 heavy (non-hydrogen) atoms. The molecule has 6 nitrogen and oxygen atoms in total. The molecule has 0 saturated carbocycles. The second kappa shape index (κ2) is 5.97. The van der Waals surface area contributed by atoms with Crippen LogP contribution in [0.25, 0.3) is 0 Å². The summed E-state index contributed by atoms with van der Waals surface area (Å²) in [5.74, 6) is -1.53. The predicted octanol–water partition coefficient (Wildman–Crippen LogP) is 2.13. The van der Waals surface area contributed by atoms with Crippen LogP contribution in [0.5, 0.6) is 5.75 Å². The van der Waals surface area contributed by atoms with Crippen LogP contribution in [0.4, 0.5) is 10.5 Å². The maximum atomic E-state index is 12.3. The van der Waals surface area contributed by atoms with Crippen LogP contribution in [0.3, 0.4) is 0 Å². The summed E-state index contributed by atoms with van der Waals surface area (Å²) in [6, 6.07) is 5.74. The molecule has 1 aromatic rings. The Morgan fingerprint density at radius 2 is 1.90 bits per heavy atom. The largest absolute Gasteiger partial charge is 0.492 e. The smallest absolute Gasteiger partial charge is 0.339 e. The summed E-state index contributed by atoms with van der Waals surface area (Å²) in [6.45, 7) is 5.35. The van der Waals surface area contributed by atoms with Gasteiger partial charge >= 0.3 is 17.8 Å². The Balaban J connectivity index is 2.41. The van der Waals surface area contributed by atoms with Crippen molar-refractivity contribution < 1.29 is 19.1 Å². The van der Waals surface area contributed by atoms with Crippen LogP contribution in [0, 0.1) is 0 Å². The average molecular weight is 309 g/mol. The maximum Gasteiger partial charge on any atom is 0.339 e. The minimum absolute atomic E-state index is 0.0874. The first-order valence-electron chi connectivity index (χ1n) is 6.22. The van der Waals surface area contributed by atoms with E-state index in [1.54, 1.807) is 25.1 Å². The molecule has 0 atom stereocenters. The first-order chi connectivity index (χ1) is 9.97. The fourth-order valence-electron chi connectivity index (χ4n) is 1.95. The normalized spacial score (nSPS) is 14.9. The summed E-state index contributed by atoms with van der Waals surface area (Å²) in [6.07, 6.45) is 0. The van der Waals surface area contributed by atoms with Gasteiger partial charge in [-0.05, 0) is 19.1 Å². The van der Waals surface area contributed by atoms with Crippen molar-refractivity contribution >= 4 is 35.1 Å². The molecule has 0 aliphatic carbocycles. The van der Waals surface area contributed by atoms with Crippen LogP contribution in [-0.4, -0.2) is 35.9 Å². The molecule has 0 N–H and O–H groups in total. The van der Waals surface area contributed by atoms with Gasteiger partial charge in [-0.1, -0.05) is 30.3 Å². The molecular weight excluding hydrogens is 296 g/mol. The highest BCUT2D eigenvalue weighted by Crippen LogP contribution is 2.31. The van der Waals surface area contributed by atoms with Gasteiger partial charge in [0.25, 0.3) is 0 Å². The van der Waals surface area contributed by atoms with E-state index < -0.39 is 17.8 Å². The third-order valence-corrected chi connectivity index (χ3v) is 2.91. The number of urea groups is 1. The van der Waals surface area contributed by atoms with E-state index in [9.17, 15) is 14.4 Å². The quantitative estimate of drug-likeness (QED) is 0.617. The highest BCUT2D eigenvalue weighted by atomic mass is 35.5. The number of halogens is 1. The molecule has 1 saturated heterocycles. The molecule has 0 spiro atoms. The van der Waals surface area contributed by atoms with Gasteiger partial charge in [0.1, 0.15) is 5.75 Å². The fraction of sp³-hybridized carbons (Fsp3) is 0.214. The molecule has 4 amide bonds. The van der Waals surface area contributed by atoms with Crippen LogP contribution in [0.1, 0.15) is 6.92 Å². The van der Waals surface area contributed by atoms with Gasteiger partial charge in [-0.2, -0.15) is 0 Å². The first-order valence-corrected chi connectivity index (χ1v) is 6.60. The van der Waals surface area contributed by atoms with Gasteiger partial charge in [0.2, 0.25) is 0 Å². The Kier molecular flexibility index (Phi) is 4.28. The number of anilines is 1. The zero-order chi connectivity index (χ0) is 15.6. The Labute approximate surface area is 126 Å². The van der Waals surface area contributed by atoms with Gasteiger partial charge in [0.05, 0.1) is 18.8 Å². The zero-order valence-corrected chi connectivity index (χ0v) is 12.1. The van der Waals surface area contributed by atoms with E-state index >= 15 is 0 Å². The van der Waals surface area contributed by atoms with Gasteiger partial charge in [-0.3, -0.25) is 9.59 Å². The van der Waals surface area contributed by atoms with Crippen molar-refractivity contribution in [3.63, 3.8) is 0 Å². The van der Waals surface area contributed by atoms with E-state index in [2.05, 4.69) is 6.58 Å². The van der Waals surface area contributed by atoms with Gasteiger partial charge in [0, 0.05) is 5.03 Å². The summed E-state index contributed by atoms with van der Waals surface area (Å²) in [4.78, 5) is 37.7. The van der Waals surface area contributed by atoms with Gasteiger partial charge in [0.15, 0.2) is 0 Å². The summed E-state index contributed by atoms with van der Waals surface area (Å²) < 4.78 is 5.38. The standard InChI is InChI=1S/C14H13ClN2O4/c1-3-21-11-7-5-4-6-10(11)17-13(19)12(18)16(14(17)20)8-9(2)15/h4-7H,2-3,8H2,1H3. The van der Waals surface area contributed by atoms with Crippen LogP contribution >= 0.6 is 11.6 Å². The van der Waals surface area contributed by atoms with Crippen molar-refractivity contribution in [1.82, 2.24) is 4.90 Å². The molecule has 0 aromatic heterocycles. The number of amides is 4. The number of hydrogen-bond acceptors (Lipinski definition) is 4. The lowest BCUT2D eigenvalue weighted by atomic mass is 10.2. The number of para-hydroxylation sites is 2. The summed E-state index contributed by atoms with van der Waals surface area (Å²) >= 11 is 5.62. The van der Waals surface area contributed by atoms with Crippen molar-refractivity contribution in [1.29, 1.82) is 0 Å². The minimum Gasteiger partial charge on any atom is -0.492 e. The van der Waals surface area contributed by atoms with Crippen molar-refractivity contribution in [3.8, 4) is 5.75 Å². The summed E-state index contributed by atoms with van der Waals surface area (Å²) in [5, 5.41) is 0.0874. The molecule has 2 rings (SSSR count). The number of hydrogen-bond donors (Lipinski definition) is 0. The number of carbonyl (C=O) groups is 3. The summed E-state index contributed by atoms with van der Waals surface area (Å²) in [5.41, 5.74) is 0.227. The molecule has 1 aliphatic rings. The highest BCUT2D eigenvalue weighted by molar-refractivity contribution is 6.53. The topological polar surface area (TPSA) is 66.9 Å². The van der Waals surface area contributed by atoms with Crippen molar-refractivity contribution in [2.24, 2.45) is 0 Å². The van der Waals surface area contributed by atoms with Crippen molar-refractivity contribution in [3.05, 3.63) is 35.9 Å². The monoisotopic (exact) mass is 308 g/mol. The van der Waals surface area contributed by atoms with E-state index in [1.807, 2.05) is 0 Å². The summed E-state index contributed by atoms with van der Waals surface area (Å²) in [7, 11) is 0. The Bertz CT molecular complexity index is 629. The molecule has 110 valence electrons. The number of imide groups is 2. The van der Waals surface area contributed by atoms with E-state index in [1.165, 1.54) is 6.07 Å². The lowest BCUT2D eigenvalue weighted by molar-refractivity contribution is -0.139. The number of carbonyl (C=O) groups excluding carboxylic acids is 3. The van der Waals surface area contributed by atoms with Crippen molar-refractivity contribution in [2.45, 2.75) is 6.92 Å². The number of benzene rings is 1. The number of ether oxygens (including phenoxy) is 1. The third-order valence-electron chi connectivity index (χ3n) is 2.79. The Hall–Kier alpha value is -2.34. The van der Waals surface area contributed by atoms with Crippen LogP contribution in [0.15, 0.2) is 35.9 Å². The molecule has 0 bridgehead atoms. The molecule has 7 heteroatoms. The van der Waals surface area contributed by atoms with E-state index in [0.29, 0.717) is 12.4 Å². The van der Waals surface area contributed by atoms with Gasteiger partial charge < -0.3 is 4.74 Å². The van der Waals surface area contributed by atoms with E-state index in [-0.39, 0.29) is 17.3 Å². The third kappa shape index (κ3) is 2.75. The number of nitrogens with zero attached hydrogens (tertiary/aromatic N) is 2. The van der Waals surface area contributed by atoms with E-state index in [4.69, 9.17) is 16.3 Å². The second-order valence-electron chi connectivity index (χ2n) is 4.23. The van der Waals surface area contributed by atoms with Gasteiger partial charge in [-0.15, -0.1) is 0 Å². The molecule has 0 unspecified atom stereocenters. The minimum atomic E-state index is -0.940. The van der Waals surface area contributed by atoms with Gasteiger partial charge in [-0.25, -0.2) is 14.6 Å². The Morgan fingerprint density at radius 3 is 2.52 bits per heavy atom. The van der Waals surface area contributed by atoms with Crippen LogP contribution in [-0.2, 0) is 9.59 Å². The maximum absolute atomic E-state index is 12.3. The Morgan fingerprint density at radius 1 is 1.24 bits per heavy atom. The SMILES string of the molecule is C=C(Cl)CN1C(=O)C(=O)N(c2ccccc2OCC)C1=O. The van der Waals surface area contributed by atoms with Crippen LogP contribution in [0.2, 0.25) is 0 Å². The molecule has 1 heterocycles. The van der Waals surface area contributed by atoms with Crippen LogP contribution < -0.4 is 9.64 Å². The predicted molar refractivity (Wildman–Crippen MR) is 77.2 cm³/mol.